The monoisotopic (exact) mass is 294 g/mol. The largest absolute Gasteiger partial charge is 0.289 e. The molecule has 20 heavy (non-hydrogen) atoms. The molecule has 0 atom stereocenters. The van der Waals surface area contributed by atoms with Crippen LogP contribution in [0.15, 0.2) is 41.3 Å². The van der Waals surface area contributed by atoms with Crippen molar-refractivity contribution in [1.82, 2.24) is 0 Å². The molecule has 2 aromatic rings. The standard InChI is InChI=1S/C14H8F2O3S/c15-11-6-5-8-10(13(11)16)7-20(18,19)12-4-2-1-3-9(12)14(8)17/h1-6H,7H2. The van der Waals surface area contributed by atoms with Crippen molar-refractivity contribution in [3.05, 3.63) is 64.7 Å². The number of rotatable bonds is 0. The number of carbonyl (C=O) groups is 1. The minimum absolute atomic E-state index is 0.0164. The average molecular weight is 294 g/mol. The molecular weight excluding hydrogens is 286 g/mol. The third-order valence-corrected chi connectivity index (χ3v) is 4.94. The number of halogens is 2. The molecule has 1 aliphatic rings. The number of ketones is 1. The van der Waals surface area contributed by atoms with Gasteiger partial charge in [-0.15, -0.1) is 0 Å². The van der Waals surface area contributed by atoms with Crippen LogP contribution < -0.4 is 0 Å². The summed E-state index contributed by atoms with van der Waals surface area (Å²) in [5.74, 6) is -3.80. The number of benzene rings is 2. The summed E-state index contributed by atoms with van der Waals surface area (Å²) in [5, 5.41) is 0. The Kier molecular flexibility index (Phi) is 2.72. The highest BCUT2D eigenvalue weighted by molar-refractivity contribution is 7.90. The van der Waals surface area contributed by atoms with Gasteiger partial charge in [-0.2, -0.15) is 0 Å². The molecule has 0 N–H and O–H groups in total. The third kappa shape index (κ3) is 1.76. The summed E-state index contributed by atoms with van der Waals surface area (Å²) in [6, 6.07) is 7.61. The summed E-state index contributed by atoms with van der Waals surface area (Å²) in [6.07, 6.45) is 0. The van der Waals surface area contributed by atoms with Gasteiger partial charge in [0.1, 0.15) is 0 Å². The van der Waals surface area contributed by atoms with Gasteiger partial charge in [0.15, 0.2) is 27.3 Å². The van der Waals surface area contributed by atoms with Crippen molar-refractivity contribution in [2.24, 2.45) is 0 Å². The van der Waals surface area contributed by atoms with Crippen LogP contribution in [-0.2, 0) is 15.6 Å². The van der Waals surface area contributed by atoms with Gasteiger partial charge in [0.2, 0.25) is 0 Å². The quantitative estimate of drug-likeness (QED) is 0.750. The Labute approximate surface area is 113 Å². The Morgan fingerprint density at radius 1 is 0.950 bits per heavy atom. The van der Waals surface area contributed by atoms with Crippen molar-refractivity contribution in [3.8, 4) is 0 Å². The van der Waals surface area contributed by atoms with Crippen molar-refractivity contribution in [1.29, 1.82) is 0 Å². The fourth-order valence-electron chi connectivity index (χ4n) is 2.28. The fourth-order valence-corrected chi connectivity index (χ4v) is 3.88. The predicted molar refractivity (Wildman–Crippen MR) is 67.1 cm³/mol. The Morgan fingerprint density at radius 2 is 1.65 bits per heavy atom. The highest BCUT2D eigenvalue weighted by Gasteiger charge is 2.32. The molecule has 0 saturated heterocycles. The van der Waals surface area contributed by atoms with E-state index in [-0.39, 0.29) is 16.0 Å². The molecule has 0 unspecified atom stereocenters. The molecule has 2 aromatic carbocycles. The van der Waals surface area contributed by atoms with E-state index in [1.54, 1.807) is 0 Å². The zero-order valence-corrected chi connectivity index (χ0v) is 10.9. The minimum Gasteiger partial charge on any atom is -0.289 e. The van der Waals surface area contributed by atoms with Gasteiger partial charge in [-0.05, 0) is 24.3 Å². The van der Waals surface area contributed by atoms with Gasteiger partial charge in [-0.1, -0.05) is 12.1 Å². The summed E-state index contributed by atoms with van der Waals surface area (Å²) in [6.45, 7) is 0. The van der Waals surface area contributed by atoms with E-state index in [2.05, 4.69) is 0 Å². The van der Waals surface area contributed by atoms with Crippen LogP contribution in [0.1, 0.15) is 21.5 Å². The maximum absolute atomic E-state index is 13.8. The molecule has 1 heterocycles. The summed E-state index contributed by atoms with van der Waals surface area (Å²) < 4.78 is 51.5. The number of sulfone groups is 1. The first-order valence-corrected chi connectivity index (χ1v) is 7.40. The molecule has 3 rings (SSSR count). The number of carbonyl (C=O) groups excluding carboxylic acids is 1. The Bertz CT molecular complexity index is 841. The van der Waals surface area contributed by atoms with Crippen molar-refractivity contribution < 1.29 is 22.0 Å². The number of fused-ring (bicyclic) bond motifs is 2. The maximum atomic E-state index is 13.8. The molecule has 0 bridgehead atoms. The second-order valence-electron chi connectivity index (χ2n) is 4.47. The minimum atomic E-state index is -3.89. The van der Waals surface area contributed by atoms with E-state index in [1.165, 1.54) is 24.3 Å². The van der Waals surface area contributed by atoms with E-state index in [9.17, 15) is 22.0 Å². The van der Waals surface area contributed by atoms with Crippen LogP contribution in [0.3, 0.4) is 0 Å². The lowest BCUT2D eigenvalue weighted by molar-refractivity contribution is 0.103. The Balaban J connectivity index is 2.41. The summed E-state index contributed by atoms with van der Waals surface area (Å²) in [5.41, 5.74) is -0.541. The molecule has 3 nitrogen and oxygen atoms in total. The lowest BCUT2D eigenvalue weighted by Crippen LogP contribution is -2.07. The van der Waals surface area contributed by atoms with Gasteiger partial charge in [0.25, 0.3) is 0 Å². The molecule has 102 valence electrons. The fraction of sp³-hybridized carbons (Fsp3) is 0.0714. The summed E-state index contributed by atoms with van der Waals surface area (Å²) >= 11 is 0. The first-order valence-electron chi connectivity index (χ1n) is 5.75. The highest BCUT2D eigenvalue weighted by atomic mass is 32.2. The maximum Gasteiger partial charge on any atom is 0.194 e. The predicted octanol–water partition coefficient (Wildman–Crippen LogP) is 2.48. The average Bonchev–Trinajstić information content (AvgIpc) is 2.51. The highest BCUT2D eigenvalue weighted by Crippen LogP contribution is 2.31. The first kappa shape index (κ1) is 12.9. The van der Waals surface area contributed by atoms with Gasteiger partial charge in [-0.3, -0.25) is 4.79 Å². The van der Waals surface area contributed by atoms with Gasteiger partial charge in [-0.25, -0.2) is 17.2 Å². The Hall–Kier alpha value is -2.08. The molecule has 0 spiro atoms. The van der Waals surface area contributed by atoms with E-state index in [4.69, 9.17) is 0 Å². The lowest BCUT2D eigenvalue weighted by atomic mass is 9.99. The van der Waals surface area contributed by atoms with E-state index < -0.39 is 38.6 Å². The molecule has 0 saturated carbocycles. The zero-order valence-electron chi connectivity index (χ0n) is 10.1. The van der Waals surface area contributed by atoms with Crippen molar-refractivity contribution in [2.75, 3.05) is 0 Å². The van der Waals surface area contributed by atoms with Crippen LogP contribution in [0.2, 0.25) is 0 Å². The number of hydrogen-bond donors (Lipinski definition) is 0. The number of hydrogen-bond acceptors (Lipinski definition) is 3. The van der Waals surface area contributed by atoms with E-state index in [0.717, 1.165) is 12.1 Å². The third-order valence-electron chi connectivity index (χ3n) is 3.24. The SMILES string of the molecule is O=C1c2ccccc2S(=O)(=O)Cc2c1ccc(F)c2F. The van der Waals surface area contributed by atoms with Crippen molar-refractivity contribution in [3.63, 3.8) is 0 Å². The van der Waals surface area contributed by atoms with Gasteiger partial charge < -0.3 is 0 Å². The molecular formula is C14H8F2O3S. The molecule has 0 aliphatic carbocycles. The molecule has 0 radical (unpaired) electrons. The van der Waals surface area contributed by atoms with Gasteiger partial charge >= 0.3 is 0 Å². The Morgan fingerprint density at radius 3 is 2.40 bits per heavy atom. The summed E-state index contributed by atoms with van der Waals surface area (Å²) in [7, 11) is -3.89. The zero-order chi connectivity index (χ0) is 14.5. The normalized spacial score (nSPS) is 16.2. The van der Waals surface area contributed by atoms with Crippen LogP contribution in [-0.4, -0.2) is 14.2 Å². The first-order chi connectivity index (χ1) is 9.42. The molecule has 6 heteroatoms. The van der Waals surface area contributed by atoms with E-state index in [1.807, 2.05) is 0 Å². The van der Waals surface area contributed by atoms with Gasteiger partial charge in [0.05, 0.1) is 10.6 Å². The smallest absolute Gasteiger partial charge is 0.194 e. The van der Waals surface area contributed by atoms with Crippen molar-refractivity contribution >= 4 is 15.6 Å². The van der Waals surface area contributed by atoms with Crippen LogP contribution in [0, 0.1) is 11.6 Å². The molecule has 0 amide bonds. The second kappa shape index (κ2) is 4.21. The lowest BCUT2D eigenvalue weighted by Gasteiger charge is -2.05. The molecule has 0 aromatic heterocycles. The van der Waals surface area contributed by atoms with Crippen LogP contribution in [0.4, 0.5) is 8.78 Å². The van der Waals surface area contributed by atoms with Crippen molar-refractivity contribution in [2.45, 2.75) is 10.6 Å². The van der Waals surface area contributed by atoms with Gasteiger partial charge in [0, 0.05) is 16.7 Å². The van der Waals surface area contributed by atoms with Crippen LogP contribution in [0.5, 0.6) is 0 Å². The van der Waals surface area contributed by atoms with E-state index in [0.29, 0.717) is 0 Å². The molecule has 0 fully saturated rings. The second-order valence-corrected chi connectivity index (χ2v) is 6.43. The molecule has 1 aliphatic heterocycles. The topological polar surface area (TPSA) is 51.2 Å². The summed E-state index contributed by atoms with van der Waals surface area (Å²) in [4.78, 5) is 12.2. The van der Waals surface area contributed by atoms with Crippen LogP contribution in [0.25, 0.3) is 0 Å². The van der Waals surface area contributed by atoms with E-state index >= 15 is 0 Å². The van der Waals surface area contributed by atoms with Crippen LogP contribution >= 0.6 is 0 Å².